The Morgan fingerprint density at radius 1 is 1.33 bits per heavy atom. The molecule has 0 N–H and O–H groups in total. The first-order valence-electron chi connectivity index (χ1n) is 8.06. The number of nitrogens with zero attached hydrogens (tertiary/aromatic N) is 1. The number of methoxy groups -OCH3 is 2. The van der Waals surface area contributed by atoms with E-state index in [1.54, 1.807) is 7.11 Å². The van der Waals surface area contributed by atoms with Crippen molar-refractivity contribution in [1.29, 1.82) is 0 Å². The molecule has 2 aliphatic carbocycles. The van der Waals surface area contributed by atoms with Crippen molar-refractivity contribution in [3.63, 3.8) is 0 Å². The van der Waals surface area contributed by atoms with E-state index in [-0.39, 0.29) is 29.1 Å². The maximum Gasteiger partial charge on any atom is 0.305 e. The molecule has 2 aliphatic rings. The fourth-order valence-corrected chi connectivity index (χ4v) is 4.56. The van der Waals surface area contributed by atoms with Crippen molar-refractivity contribution in [3.05, 3.63) is 52.1 Å². The number of carbonyl (C=O) groups excluding carboxylic acids is 1. The lowest BCUT2D eigenvalue weighted by Gasteiger charge is -2.38. The monoisotopic (exact) mass is 331 g/mol. The van der Waals surface area contributed by atoms with Gasteiger partial charge in [0.1, 0.15) is 5.75 Å². The maximum atomic E-state index is 11.9. The van der Waals surface area contributed by atoms with E-state index >= 15 is 0 Å². The van der Waals surface area contributed by atoms with E-state index in [9.17, 15) is 14.9 Å². The zero-order valence-electron chi connectivity index (χ0n) is 13.8. The van der Waals surface area contributed by atoms with Gasteiger partial charge in [0.25, 0.3) is 0 Å². The lowest BCUT2D eigenvalue weighted by atomic mass is 9.64. The molecule has 1 fully saturated rings. The molecule has 1 aromatic carbocycles. The van der Waals surface area contributed by atoms with Gasteiger partial charge in [-0.25, -0.2) is 0 Å². The smallest absolute Gasteiger partial charge is 0.305 e. The van der Waals surface area contributed by atoms with Crippen molar-refractivity contribution >= 4 is 5.97 Å². The Balaban J connectivity index is 2.12. The van der Waals surface area contributed by atoms with Crippen molar-refractivity contribution in [2.24, 2.45) is 11.8 Å². The molecule has 128 valence electrons. The topological polar surface area (TPSA) is 78.7 Å². The number of nitro groups is 1. The first-order valence-corrected chi connectivity index (χ1v) is 8.06. The van der Waals surface area contributed by atoms with Crippen molar-refractivity contribution in [3.8, 4) is 5.75 Å². The third-order valence-corrected chi connectivity index (χ3v) is 5.52. The van der Waals surface area contributed by atoms with Crippen LogP contribution in [0.15, 0.2) is 36.4 Å². The Labute approximate surface area is 140 Å². The van der Waals surface area contributed by atoms with Gasteiger partial charge in [-0.2, -0.15) is 0 Å². The Kier molecular flexibility index (Phi) is 4.30. The number of hydrogen-bond donors (Lipinski definition) is 0. The second-order valence-electron chi connectivity index (χ2n) is 6.44. The first-order chi connectivity index (χ1) is 11.5. The summed E-state index contributed by atoms with van der Waals surface area (Å²) in [4.78, 5) is 23.5. The second kappa shape index (κ2) is 6.26. The van der Waals surface area contributed by atoms with E-state index in [1.165, 1.54) is 7.11 Å². The van der Waals surface area contributed by atoms with Crippen LogP contribution in [0.2, 0.25) is 0 Å². The Hall–Kier alpha value is -2.37. The van der Waals surface area contributed by atoms with Crippen LogP contribution in [-0.4, -0.2) is 31.2 Å². The fraction of sp³-hybridized carbons (Fsp3) is 0.500. The number of carbonyl (C=O) groups is 1. The maximum absolute atomic E-state index is 11.9. The second-order valence-corrected chi connectivity index (χ2v) is 6.44. The van der Waals surface area contributed by atoms with Crippen LogP contribution in [0.3, 0.4) is 0 Å². The Morgan fingerprint density at radius 2 is 2.08 bits per heavy atom. The van der Waals surface area contributed by atoms with Gasteiger partial charge in [-0.15, -0.1) is 0 Å². The third-order valence-electron chi connectivity index (χ3n) is 5.52. The zero-order valence-corrected chi connectivity index (χ0v) is 13.8. The standard InChI is InChI=1S/C18H21NO5/c1-23-15-6-4-3-5-14(15)18(10-9-16(20)24-2)13-8-7-12(11-13)17(18)19(21)22/h3-8,12-13,17H,9-11H2,1-2H3. The predicted molar refractivity (Wildman–Crippen MR) is 87.4 cm³/mol. The summed E-state index contributed by atoms with van der Waals surface area (Å²) in [5.74, 6) is 0.208. The number of rotatable bonds is 6. The molecule has 1 aromatic rings. The lowest BCUT2D eigenvalue weighted by molar-refractivity contribution is -0.539. The molecule has 0 amide bonds. The third kappa shape index (κ3) is 2.37. The molecule has 0 saturated heterocycles. The van der Waals surface area contributed by atoms with Gasteiger partial charge in [0, 0.05) is 22.8 Å². The van der Waals surface area contributed by atoms with Gasteiger partial charge in [0.15, 0.2) is 0 Å². The number of ether oxygens (including phenoxy) is 2. The normalized spacial score (nSPS) is 30.3. The molecule has 0 spiro atoms. The number of fused-ring (bicyclic) bond motifs is 2. The highest BCUT2D eigenvalue weighted by molar-refractivity contribution is 5.69. The van der Waals surface area contributed by atoms with Crippen LogP contribution in [0, 0.1) is 22.0 Å². The number of esters is 1. The summed E-state index contributed by atoms with van der Waals surface area (Å²) in [6.07, 6.45) is 5.27. The van der Waals surface area contributed by atoms with Crippen LogP contribution in [0.5, 0.6) is 5.75 Å². The van der Waals surface area contributed by atoms with Crippen LogP contribution in [0.25, 0.3) is 0 Å². The van der Waals surface area contributed by atoms with Crippen molar-refractivity contribution in [1.82, 2.24) is 0 Å². The van der Waals surface area contributed by atoms with E-state index in [1.807, 2.05) is 30.3 Å². The van der Waals surface area contributed by atoms with Gasteiger partial charge in [-0.05, 0) is 24.8 Å². The minimum Gasteiger partial charge on any atom is -0.496 e. The van der Waals surface area contributed by atoms with Crippen molar-refractivity contribution in [2.45, 2.75) is 30.7 Å². The Morgan fingerprint density at radius 3 is 2.75 bits per heavy atom. The predicted octanol–water partition coefficient (Wildman–Crippen LogP) is 2.74. The molecule has 0 radical (unpaired) electrons. The summed E-state index contributed by atoms with van der Waals surface area (Å²) < 4.78 is 10.3. The Bertz CT molecular complexity index is 686. The number of para-hydroxylation sites is 1. The zero-order chi connectivity index (χ0) is 17.3. The summed E-state index contributed by atoms with van der Waals surface area (Å²) in [5.41, 5.74) is 0.0685. The van der Waals surface area contributed by atoms with Crippen LogP contribution >= 0.6 is 0 Å². The highest BCUT2D eigenvalue weighted by atomic mass is 16.6. The molecule has 6 heteroatoms. The molecule has 6 nitrogen and oxygen atoms in total. The molecule has 2 bridgehead atoms. The molecule has 24 heavy (non-hydrogen) atoms. The highest BCUT2D eigenvalue weighted by Gasteiger charge is 2.64. The van der Waals surface area contributed by atoms with Gasteiger partial charge >= 0.3 is 5.97 Å². The summed E-state index contributed by atoms with van der Waals surface area (Å²) in [6.45, 7) is 0. The van der Waals surface area contributed by atoms with Crippen LogP contribution in [0.4, 0.5) is 0 Å². The molecule has 0 aliphatic heterocycles. The average molecular weight is 331 g/mol. The van der Waals surface area contributed by atoms with E-state index < -0.39 is 11.5 Å². The van der Waals surface area contributed by atoms with Gasteiger partial charge in [-0.3, -0.25) is 14.9 Å². The summed E-state index contributed by atoms with van der Waals surface area (Å²) in [6, 6.07) is 6.67. The molecule has 0 aromatic heterocycles. The fourth-order valence-electron chi connectivity index (χ4n) is 4.56. The molecule has 1 saturated carbocycles. The van der Waals surface area contributed by atoms with Crippen molar-refractivity contribution < 1.29 is 19.2 Å². The van der Waals surface area contributed by atoms with Gasteiger partial charge in [0.05, 0.1) is 19.6 Å². The summed E-state index contributed by atoms with van der Waals surface area (Å²) in [5, 5.41) is 11.9. The van der Waals surface area contributed by atoms with Crippen LogP contribution < -0.4 is 4.74 Å². The van der Waals surface area contributed by atoms with Gasteiger partial charge in [-0.1, -0.05) is 30.4 Å². The van der Waals surface area contributed by atoms with Crippen LogP contribution in [-0.2, 0) is 14.9 Å². The molecular weight excluding hydrogens is 310 g/mol. The summed E-state index contributed by atoms with van der Waals surface area (Å²) in [7, 11) is 2.90. The van der Waals surface area contributed by atoms with Gasteiger partial charge in [0.2, 0.25) is 6.04 Å². The average Bonchev–Trinajstić information content (AvgIpc) is 3.19. The van der Waals surface area contributed by atoms with Crippen LogP contribution in [0.1, 0.15) is 24.8 Å². The minimum absolute atomic E-state index is 0.0267. The van der Waals surface area contributed by atoms with Crippen molar-refractivity contribution in [2.75, 3.05) is 14.2 Å². The van der Waals surface area contributed by atoms with E-state index in [4.69, 9.17) is 9.47 Å². The van der Waals surface area contributed by atoms with E-state index in [0.717, 1.165) is 12.0 Å². The number of hydrogen-bond acceptors (Lipinski definition) is 5. The molecule has 3 rings (SSSR count). The van der Waals surface area contributed by atoms with Gasteiger partial charge < -0.3 is 9.47 Å². The molecule has 0 heterocycles. The minimum atomic E-state index is -0.756. The van der Waals surface area contributed by atoms with E-state index in [2.05, 4.69) is 6.08 Å². The summed E-state index contributed by atoms with van der Waals surface area (Å²) >= 11 is 0. The highest BCUT2D eigenvalue weighted by Crippen LogP contribution is 2.58. The molecule has 4 atom stereocenters. The largest absolute Gasteiger partial charge is 0.496 e. The lowest BCUT2D eigenvalue weighted by Crippen LogP contribution is -2.48. The number of allylic oxidation sites excluding steroid dienone is 1. The molecule has 4 unspecified atom stereocenters. The first kappa shape index (κ1) is 16.5. The SMILES string of the molecule is COC(=O)CCC1(c2ccccc2OC)C2C=CC(C2)C1[N+](=O)[O-]. The van der Waals surface area contributed by atoms with E-state index in [0.29, 0.717) is 12.2 Å². The molecular formula is C18H21NO5. The number of benzene rings is 1. The quantitative estimate of drug-likeness (QED) is 0.347.